The fourth-order valence-electron chi connectivity index (χ4n) is 2.92. The lowest BCUT2D eigenvalue weighted by molar-refractivity contribution is -0.384. The summed E-state index contributed by atoms with van der Waals surface area (Å²) in [6, 6.07) is 5.20. The highest BCUT2D eigenvalue weighted by atomic mass is 16.6. The van der Waals surface area contributed by atoms with Crippen LogP contribution in [0.2, 0.25) is 0 Å². The Morgan fingerprint density at radius 2 is 2.05 bits per heavy atom. The molecule has 1 aromatic carbocycles. The summed E-state index contributed by atoms with van der Waals surface area (Å²) in [5.74, 6) is 1.44. The highest BCUT2D eigenvalue weighted by Crippen LogP contribution is 2.30. The van der Waals surface area contributed by atoms with E-state index in [1.165, 1.54) is 25.7 Å². The number of anilines is 1. The first-order valence-corrected chi connectivity index (χ1v) is 7.06. The van der Waals surface area contributed by atoms with Gasteiger partial charge in [-0.1, -0.05) is 26.2 Å². The molecule has 0 saturated heterocycles. The highest BCUT2D eigenvalue weighted by molar-refractivity contribution is 5.53. The van der Waals surface area contributed by atoms with Crippen molar-refractivity contribution in [1.29, 1.82) is 0 Å². The molecule has 2 atom stereocenters. The summed E-state index contributed by atoms with van der Waals surface area (Å²) in [6.07, 6.45) is 5.22. The van der Waals surface area contributed by atoms with E-state index in [9.17, 15) is 10.1 Å². The first-order valence-electron chi connectivity index (χ1n) is 7.06. The molecule has 0 radical (unpaired) electrons. The summed E-state index contributed by atoms with van der Waals surface area (Å²) in [7, 11) is 0. The summed E-state index contributed by atoms with van der Waals surface area (Å²) >= 11 is 0. The van der Waals surface area contributed by atoms with Gasteiger partial charge in [-0.3, -0.25) is 10.1 Å². The topological polar surface area (TPSA) is 55.2 Å². The van der Waals surface area contributed by atoms with Gasteiger partial charge in [-0.25, -0.2) is 0 Å². The second kappa shape index (κ2) is 6.04. The van der Waals surface area contributed by atoms with Gasteiger partial charge < -0.3 is 5.32 Å². The molecule has 0 heterocycles. The zero-order valence-electron chi connectivity index (χ0n) is 11.7. The Labute approximate surface area is 114 Å². The maximum atomic E-state index is 10.8. The van der Waals surface area contributed by atoms with E-state index in [0.29, 0.717) is 5.92 Å². The Kier molecular flexibility index (Phi) is 4.40. The Morgan fingerprint density at radius 3 is 2.74 bits per heavy atom. The molecule has 0 spiro atoms. The number of hydrogen-bond acceptors (Lipinski definition) is 3. The highest BCUT2D eigenvalue weighted by Gasteiger charge is 2.21. The van der Waals surface area contributed by atoms with Crippen LogP contribution < -0.4 is 5.32 Å². The smallest absolute Gasteiger partial charge is 0.271 e. The van der Waals surface area contributed by atoms with E-state index < -0.39 is 0 Å². The summed E-state index contributed by atoms with van der Waals surface area (Å²) in [5.41, 5.74) is 1.96. The lowest BCUT2D eigenvalue weighted by atomic mass is 9.80. The summed E-state index contributed by atoms with van der Waals surface area (Å²) in [5, 5.41) is 14.2. The predicted octanol–water partition coefficient (Wildman–Crippen LogP) is 4.14. The van der Waals surface area contributed by atoms with Crippen LogP contribution in [0.1, 0.15) is 38.2 Å². The normalized spacial score (nSPS) is 23.1. The van der Waals surface area contributed by atoms with Crippen LogP contribution in [0.4, 0.5) is 11.4 Å². The van der Waals surface area contributed by atoms with Gasteiger partial charge in [-0.15, -0.1) is 0 Å². The van der Waals surface area contributed by atoms with Crippen molar-refractivity contribution in [2.45, 2.75) is 39.5 Å². The first kappa shape index (κ1) is 13.8. The van der Waals surface area contributed by atoms with E-state index in [0.717, 1.165) is 23.7 Å². The van der Waals surface area contributed by atoms with E-state index in [1.807, 2.05) is 13.0 Å². The van der Waals surface area contributed by atoms with Crippen molar-refractivity contribution in [2.24, 2.45) is 11.8 Å². The van der Waals surface area contributed by atoms with Crippen LogP contribution in [0.5, 0.6) is 0 Å². The minimum Gasteiger partial charge on any atom is -0.385 e. The van der Waals surface area contributed by atoms with Crippen LogP contribution in [0, 0.1) is 28.9 Å². The molecule has 2 rings (SSSR count). The Bertz CT molecular complexity index is 459. The maximum Gasteiger partial charge on any atom is 0.271 e. The number of non-ortho nitro benzene ring substituents is 1. The molecule has 1 aliphatic carbocycles. The molecule has 1 fully saturated rings. The third-order valence-corrected chi connectivity index (χ3v) is 4.13. The molecule has 0 aromatic heterocycles. The van der Waals surface area contributed by atoms with Gasteiger partial charge in [0.15, 0.2) is 0 Å². The summed E-state index contributed by atoms with van der Waals surface area (Å²) in [6.45, 7) is 5.12. The monoisotopic (exact) mass is 262 g/mol. The Balaban J connectivity index is 2.00. The number of benzene rings is 1. The molecule has 104 valence electrons. The predicted molar refractivity (Wildman–Crippen MR) is 77.4 cm³/mol. The minimum atomic E-state index is -0.332. The average molecular weight is 262 g/mol. The lowest BCUT2D eigenvalue weighted by Crippen LogP contribution is -2.24. The van der Waals surface area contributed by atoms with E-state index in [1.54, 1.807) is 12.1 Å². The van der Waals surface area contributed by atoms with Crippen molar-refractivity contribution in [2.75, 3.05) is 11.9 Å². The van der Waals surface area contributed by atoms with Crippen molar-refractivity contribution < 1.29 is 4.92 Å². The standard InChI is InChI=1S/C15H22N2O2/c1-11-7-14(9-15(8-11)17(18)19)16-10-13-6-4-3-5-12(13)2/h7-9,12-13,16H,3-6,10H2,1-2H3. The lowest BCUT2D eigenvalue weighted by Gasteiger charge is -2.29. The van der Waals surface area contributed by atoms with Crippen molar-refractivity contribution in [3.63, 3.8) is 0 Å². The molecule has 1 saturated carbocycles. The van der Waals surface area contributed by atoms with Crippen molar-refractivity contribution in [3.8, 4) is 0 Å². The molecule has 0 amide bonds. The fourth-order valence-corrected chi connectivity index (χ4v) is 2.92. The van der Waals surface area contributed by atoms with Crippen LogP contribution in [-0.4, -0.2) is 11.5 Å². The zero-order valence-corrected chi connectivity index (χ0v) is 11.7. The van der Waals surface area contributed by atoms with Gasteiger partial charge >= 0.3 is 0 Å². The van der Waals surface area contributed by atoms with E-state index in [-0.39, 0.29) is 10.6 Å². The molecule has 0 bridgehead atoms. The third kappa shape index (κ3) is 3.69. The number of aryl methyl sites for hydroxylation is 1. The molecular formula is C15H22N2O2. The number of hydrogen-bond donors (Lipinski definition) is 1. The van der Waals surface area contributed by atoms with Crippen molar-refractivity contribution in [3.05, 3.63) is 33.9 Å². The quantitative estimate of drug-likeness (QED) is 0.655. The largest absolute Gasteiger partial charge is 0.385 e. The second-order valence-electron chi connectivity index (χ2n) is 5.72. The first-order chi connectivity index (χ1) is 9.06. The molecule has 1 N–H and O–H groups in total. The van der Waals surface area contributed by atoms with Crippen LogP contribution in [0.3, 0.4) is 0 Å². The molecular weight excluding hydrogens is 240 g/mol. The molecule has 4 heteroatoms. The van der Waals surface area contributed by atoms with Gasteiger partial charge in [0.1, 0.15) is 0 Å². The Morgan fingerprint density at radius 1 is 1.32 bits per heavy atom. The number of nitrogens with one attached hydrogen (secondary N) is 1. The molecule has 0 aliphatic heterocycles. The van der Waals surface area contributed by atoms with Crippen LogP contribution in [0.15, 0.2) is 18.2 Å². The zero-order chi connectivity index (χ0) is 13.8. The third-order valence-electron chi connectivity index (χ3n) is 4.13. The van der Waals surface area contributed by atoms with Gasteiger partial charge in [-0.05, 0) is 36.8 Å². The number of nitro groups is 1. The average Bonchev–Trinajstić information content (AvgIpc) is 2.37. The van der Waals surface area contributed by atoms with Gasteiger partial charge in [0.25, 0.3) is 5.69 Å². The fraction of sp³-hybridized carbons (Fsp3) is 0.600. The number of nitro benzene ring substituents is 1. The SMILES string of the molecule is Cc1cc(NCC2CCCCC2C)cc([N+](=O)[O-])c1. The Hall–Kier alpha value is -1.58. The van der Waals surface area contributed by atoms with Crippen molar-refractivity contribution >= 4 is 11.4 Å². The van der Waals surface area contributed by atoms with Crippen LogP contribution in [-0.2, 0) is 0 Å². The maximum absolute atomic E-state index is 10.8. The molecule has 4 nitrogen and oxygen atoms in total. The number of nitrogens with zero attached hydrogens (tertiary/aromatic N) is 1. The van der Waals surface area contributed by atoms with Gasteiger partial charge in [0, 0.05) is 24.4 Å². The molecule has 1 aliphatic rings. The summed E-state index contributed by atoms with van der Waals surface area (Å²) < 4.78 is 0. The molecule has 2 unspecified atom stereocenters. The second-order valence-corrected chi connectivity index (χ2v) is 5.72. The van der Waals surface area contributed by atoms with Crippen molar-refractivity contribution in [1.82, 2.24) is 0 Å². The van der Waals surface area contributed by atoms with Crippen LogP contribution >= 0.6 is 0 Å². The minimum absolute atomic E-state index is 0.166. The van der Waals surface area contributed by atoms with Gasteiger partial charge in [0.05, 0.1) is 4.92 Å². The molecule has 1 aromatic rings. The summed E-state index contributed by atoms with van der Waals surface area (Å²) in [4.78, 5) is 10.5. The van der Waals surface area contributed by atoms with E-state index in [2.05, 4.69) is 12.2 Å². The number of rotatable bonds is 4. The van der Waals surface area contributed by atoms with E-state index >= 15 is 0 Å². The van der Waals surface area contributed by atoms with E-state index in [4.69, 9.17) is 0 Å². The van der Waals surface area contributed by atoms with Gasteiger partial charge in [-0.2, -0.15) is 0 Å². The molecule has 19 heavy (non-hydrogen) atoms. The van der Waals surface area contributed by atoms with Crippen LogP contribution in [0.25, 0.3) is 0 Å². The van der Waals surface area contributed by atoms with Gasteiger partial charge in [0.2, 0.25) is 0 Å².